The zero-order valence-electron chi connectivity index (χ0n) is 16.3. The summed E-state index contributed by atoms with van der Waals surface area (Å²) in [5.41, 5.74) is 3.35. The molecule has 1 aromatic heterocycles. The third kappa shape index (κ3) is 4.19. The fourth-order valence-electron chi connectivity index (χ4n) is 3.28. The van der Waals surface area contributed by atoms with Crippen LogP contribution in [0.4, 0.5) is 0 Å². The summed E-state index contributed by atoms with van der Waals surface area (Å²) in [6.45, 7) is 3.75. The van der Waals surface area contributed by atoms with Gasteiger partial charge in [-0.3, -0.25) is 4.79 Å². The second-order valence-electron chi connectivity index (χ2n) is 6.74. The van der Waals surface area contributed by atoms with Crippen LogP contribution in [0, 0.1) is 6.92 Å². The Bertz CT molecular complexity index is 998. The van der Waals surface area contributed by atoms with E-state index in [-0.39, 0.29) is 24.9 Å². The second kappa shape index (κ2) is 8.65. The standard InChI is InChI=1S/C23H23NO4/c1-15(17-9-5-4-6-10-17)13-21(25)28-14-20-22(23(26)27-3)16(2)18-11-7-8-12-19(18)24-20/h4-12,15H,13-14H2,1-3H3/t15-/m0/s1. The van der Waals surface area contributed by atoms with Gasteiger partial charge in [0.05, 0.1) is 30.3 Å². The molecule has 3 rings (SSSR count). The van der Waals surface area contributed by atoms with Gasteiger partial charge in [0.25, 0.3) is 0 Å². The van der Waals surface area contributed by atoms with Gasteiger partial charge in [0, 0.05) is 5.39 Å². The van der Waals surface area contributed by atoms with E-state index in [1.807, 2.05) is 68.4 Å². The Labute approximate surface area is 164 Å². The quantitative estimate of drug-likeness (QED) is 0.589. The zero-order valence-corrected chi connectivity index (χ0v) is 16.3. The number of rotatable bonds is 6. The molecule has 0 saturated heterocycles. The summed E-state index contributed by atoms with van der Waals surface area (Å²) in [6.07, 6.45) is 0.254. The highest BCUT2D eigenvalue weighted by Crippen LogP contribution is 2.25. The molecule has 5 heteroatoms. The minimum atomic E-state index is -0.487. The lowest BCUT2D eigenvalue weighted by Crippen LogP contribution is -2.14. The number of nitrogens with zero attached hydrogens (tertiary/aromatic N) is 1. The molecule has 0 aliphatic heterocycles. The second-order valence-corrected chi connectivity index (χ2v) is 6.74. The molecule has 0 aliphatic rings. The normalized spacial score (nSPS) is 11.8. The molecule has 0 bridgehead atoms. The molecule has 0 fully saturated rings. The van der Waals surface area contributed by atoms with Gasteiger partial charge in [-0.2, -0.15) is 0 Å². The molecule has 0 aliphatic carbocycles. The predicted molar refractivity (Wildman–Crippen MR) is 107 cm³/mol. The van der Waals surface area contributed by atoms with Crippen LogP contribution >= 0.6 is 0 Å². The third-order valence-corrected chi connectivity index (χ3v) is 4.83. The molecule has 0 N–H and O–H groups in total. The van der Waals surface area contributed by atoms with Crippen molar-refractivity contribution in [3.63, 3.8) is 0 Å². The smallest absolute Gasteiger partial charge is 0.340 e. The zero-order chi connectivity index (χ0) is 20.1. The van der Waals surface area contributed by atoms with Gasteiger partial charge in [0.2, 0.25) is 0 Å². The Balaban J connectivity index is 1.79. The number of esters is 2. The molecular formula is C23H23NO4. The summed E-state index contributed by atoms with van der Waals surface area (Å²) < 4.78 is 10.4. The van der Waals surface area contributed by atoms with E-state index in [9.17, 15) is 9.59 Å². The Kier molecular flexibility index (Phi) is 6.04. The first-order chi connectivity index (χ1) is 13.5. The number of ether oxygens (including phenoxy) is 2. The summed E-state index contributed by atoms with van der Waals surface area (Å²) in [7, 11) is 1.33. The Morgan fingerprint density at radius 3 is 2.43 bits per heavy atom. The first kappa shape index (κ1) is 19.5. The van der Waals surface area contributed by atoms with Crippen molar-refractivity contribution in [1.29, 1.82) is 0 Å². The lowest BCUT2D eigenvalue weighted by molar-refractivity contribution is -0.145. The molecule has 3 aromatic rings. The molecule has 144 valence electrons. The maximum Gasteiger partial charge on any atom is 0.340 e. The number of pyridine rings is 1. The number of benzene rings is 2. The fourth-order valence-corrected chi connectivity index (χ4v) is 3.28. The largest absolute Gasteiger partial charge is 0.465 e. The Morgan fingerprint density at radius 2 is 1.71 bits per heavy atom. The van der Waals surface area contributed by atoms with Crippen molar-refractivity contribution in [3.05, 3.63) is 77.0 Å². The van der Waals surface area contributed by atoms with E-state index in [1.165, 1.54) is 7.11 Å². The minimum absolute atomic E-state index is 0.0417. The number of carbonyl (C=O) groups is 2. The van der Waals surface area contributed by atoms with Crippen LogP contribution in [-0.2, 0) is 20.9 Å². The number of carbonyl (C=O) groups excluding carboxylic acids is 2. The van der Waals surface area contributed by atoms with E-state index in [2.05, 4.69) is 4.98 Å². The van der Waals surface area contributed by atoms with E-state index in [1.54, 1.807) is 0 Å². The van der Waals surface area contributed by atoms with Crippen molar-refractivity contribution < 1.29 is 19.1 Å². The molecule has 0 spiro atoms. The van der Waals surface area contributed by atoms with Crippen molar-refractivity contribution in [3.8, 4) is 0 Å². The molecule has 0 unspecified atom stereocenters. The van der Waals surface area contributed by atoms with Gasteiger partial charge >= 0.3 is 11.9 Å². The van der Waals surface area contributed by atoms with E-state index in [0.29, 0.717) is 11.3 Å². The maximum absolute atomic E-state index is 12.3. The van der Waals surface area contributed by atoms with Crippen LogP contribution in [0.25, 0.3) is 10.9 Å². The summed E-state index contributed by atoms with van der Waals surface area (Å²) in [4.78, 5) is 29.2. The number of hydrogen-bond donors (Lipinski definition) is 0. The molecule has 5 nitrogen and oxygen atoms in total. The third-order valence-electron chi connectivity index (χ3n) is 4.83. The lowest BCUT2D eigenvalue weighted by atomic mass is 9.98. The van der Waals surface area contributed by atoms with Crippen LogP contribution in [0.1, 0.15) is 46.4 Å². The molecule has 0 saturated carbocycles. The SMILES string of the molecule is COC(=O)c1c(COC(=O)C[C@H](C)c2ccccc2)nc2ccccc2c1C. The van der Waals surface area contributed by atoms with Crippen molar-refractivity contribution >= 4 is 22.8 Å². The molecule has 28 heavy (non-hydrogen) atoms. The highest BCUT2D eigenvalue weighted by atomic mass is 16.5. The fraction of sp³-hybridized carbons (Fsp3) is 0.261. The van der Waals surface area contributed by atoms with Crippen molar-refractivity contribution in [2.75, 3.05) is 7.11 Å². The number of fused-ring (bicyclic) bond motifs is 1. The van der Waals surface area contributed by atoms with Crippen LogP contribution in [-0.4, -0.2) is 24.0 Å². The first-order valence-electron chi connectivity index (χ1n) is 9.18. The average Bonchev–Trinajstić information content (AvgIpc) is 2.72. The number of aromatic nitrogens is 1. The highest BCUT2D eigenvalue weighted by molar-refractivity contribution is 5.98. The first-order valence-corrected chi connectivity index (χ1v) is 9.18. The van der Waals surface area contributed by atoms with Gasteiger partial charge in [-0.15, -0.1) is 0 Å². The van der Waals surface area contributed by atoms with Crippen LogP contribution in [0.3, 0.4) is 0 Å². The minimum Gasteiger partial charge on any atom is -0.465 e. The summed E-state index contributed by atoms with van der Waals surface area (Å²) in [6, 6.07) is 17.4. The summed E-state index contributed by atoms with van der Waals surface area (Å²) in [5, 5.41) is 0.871. The van der Waals surface area contributed by atoms with Gasteiger partial charge in [-0.1, -0.05) is 55.5 Å². The van der Waals surface area contributed by atoms with E-state index in [0.717, 1.165) is 22.0 Å². The molecule has 0 radical (unpaired) electrons. The molecule has 1 heterocycles. The van der Waals surface area contributed by atoms with Gasteiger partial charge in [-0.05, 0) is 30.0 Å². The van der Waals surface area contributed by atoms with Crippen LogP contribution in [0.2, 0.25) is 0 Å². The average molecular weight is 377 g/mol. The monoisotopic (exact) mass is 377 g/mol. The summed E-state index contributed by atoms with van der Waals surface area (Å²) >= 11 is 0. The van der Waals surface area contributed by atoms with Crippen molar-refractivity contribution in [1.82, 2.24) is 4.98 Å². The van der Waals surface area contributed by atoms with Crippen molar-refractivity contribution in [2.24, 2.45) is 0 Å². The number of para-hydroxylation sites is 1. The molecule has 1 atom stereocenters. The van der Waals surface area contributed by atoms with E-state index in [4.69, 9.17) is 9.47 Å². The van der Waals surface area contributed by atoms with Gasteiger partial charge in [-0.25, -0.2) is 9.78 Å². The van der Waals surface area contributed by atoms with Crippen LogP contribution in [0.15, 0.2) is 54.6 Å². The predicted octanol–water partition coefficient (Wildman–Crippen LogP) is 4.57. The van der Waals surface area contributed by atoms with Gasteiger partial charge in [0.15, 0.2) is 0 Å². The molecular weight excluding hydrogens is 354 g/mol. The topological polar surface area (TPSA) is 65.5 Å². The number of aryl methyl sites for hydroxylation is 1. The number of hydrogen-bond acceptors (Lipinski definition) is 5. The van der Waals surface area contributed by atoms with E-state index >= 15 is 0 Å². The maximum atomic E-state index is 12.3. The van der Waals surface area contributed by atoms with Gasteiger partial charge in [0.1, 0.15) is 6.61 Å². The van der Waals surface area contributed by atoms with Crippen LogP contribution < -0.4 is 0 Å². The molecule has 0 amide bonds. The molecule has 2 aromatic carbocycles. The Hall–Kier alpha value is -3.21. The summed E-state index contributed by atoms with van der Waals surface area (Å²) in [5.74, 6) is -0.778. The van der Waals surface area contributed by atoms with Gasteiger partial charge < -0.3 is 9.47 Å². The van der Waals surface area contributed by atoms with Crippen molar-refractivity contribution in [2.45, 2.75) is 32.8 Å². The number of methoxy groups -OCH3 is 1. The van der Waals surface area contributed by atoms with Crippen LogP contribution in [0.5, 0.6) is 0 Å². The Morgan fingerprint density at radius 1 is 1.04 bits per heavy atom. The highest BCUT2D eigenvalue weighted by Gasteiger charge is 2.21. The lowest BCUT2D eigenvalue weighted by Gasteiger charge is -2.15. The van der Waals surface area contributed by atoms with E-state index < -0.39 is 5.97 Å².